The summed E-state index contributed by atoms with van der Waals surface area (Å²) >= 11 is 0. The summed E-state index contributed by atoms with van der Waals surface area (Å²) in [4.78, 5) is 87.2. The molecule has 0 aliphatic carbocycles. The number of carboxylic acids is 1. The molecule has 0 heterocycles. The number of carbonyl (C=O) groups is 7. The maximum Gasteiger partial charge on any atom is 0.325 e. The highest BCUT2D eigenvalue weighted by atomic mass is 16.4. The van der Waals surface area contributed by atoms with Gasteiger partial charge in [-0.15, -0.1) is 0 Å². The topological polar surface area (TPSA) is 264 Å². The van der Waals surface area contributed by atoms with Gasteiger partial charge in [0, 0.05) is 0 Å². The van der Waals surface area contributed by atoms with Gasteiger partial charge >= 0.3 is 5.97 Å². The minimum atomic E-state index is -1.24. The summed E-state index contributed by atoms with van der Waals surface area (Å²) in [5.74, 6) is -5.83. The van der Waals surface area contributed by atoms with E-state index in [4.69, 9.17) is 16.6 Å². The lowest BCUT2D eigenvalue weighted by Crippen LogP contribution is -2.59. The van der Waals surface area contributed by atoms with Crippen LogP contribution in [0, 0.1) is 17.8 Å². The number of carboxylic acid groups (broad SMARTS) is 1. The average molecular weight is 643 g/mol. The number of nitrogens with one attached hydrogen (secondary N) is 6. The van der Waals surface area contributed by atoms with Gasteiger partial charge in [0.1, 0.15) is 24.2 Å². The van der Waals surface area contributed by atoms with Gasteiger partial charge in [-0.1, -0.05) is 48.0 Å². The molecule has 0 fully saturated rings. The molecule has 0 spiro atoms. The van der Waals surface area contributed by atoms with Crippen molar-refractivity contribution in [3.05, 3.63) is 0 Å². The monoisotopic (exact) mass is 642 g/mol. The van der Waals surface area contributed by atoms with E-state index in [9.17, 15) is 33.6 Å². The number of unbranched alkanes of at least 4 members (excludes halogenated alkanes) is 1. The molecule has 0 aromatic rings. The van der Waals surface area contributed by atoms with Gasteiger partial charge in [0.05, 0.1) is 19.1 Å². The molecule has 16 nitrogen and oxygen atoms in total. The third-order valence-corrected chi connectivity index (χ3v) is 6.75. The van der Waals surface area contributed by atoms with Gasteiger partial charge in [-0.05, 0) is 50.5 Å². The van der Waals surface area contributed by atoms with Crippen molar-refractivity contribution in [1.82, 2.24) is 31.9 Å². The smallest absolute Gasteiger partial charge is 0.325 e. The van der Waals surface area contributed by atoms with Crippen LogP contribution in [0.4, 0.5) is 0 Å². The Morgan fingerprint density at radius 2 is 1.16 bits per heavy atom. The maximum atomic E-state index is 13.3. The number of hydrogen-bond donors (Lipinski definition) is 9. The summed E-state index contributed by atoms with van der Waals surface area (Å²) in [7, 11) is 0. The molecule has 0 unspecified atom stereocenters. The summed E-state index contributed by atoms with van der Waals surface area (Å²) in [6.07, 6.45) is 2.03. The molecule has 0 aromatic carbocycles. The zero-order valence-corrected chi connectivity index (χ0v) is 27.5. The van der Waals surface area contributed by atoms with Crippen molar-refractivity contribution < 1.29 is 38.7 Å². The number of rotatable bonds is 21. The predicted molar refractivity (Wildman–Crippen MR) is 167 cm³/mol. The van der Waals surface area contributed by atoms with Crippen molar-refractivity contribution in [2.45, 2.75) is 104 Å². The van der Waals surface area contributed by atoms with E-state index in [1.165, 1.54) is 6.92 Å². The predicted octanol–water partition coefficient (Wildman–Crippen LogP) is -1.92. The Hall–Kier alpha value is -3.79. The largest absolute Gasteiger partial charge is 0.480 e. The first-order valence-electron chi connectivity index (χ1n) is 15.3. The van der Waals surface area contributed by atoms with Crippen molar-refractivity contribution >= 4 is 41.4 Å². The Labute approximate surface area is 265 Å². The second-order valence-corrected chi connectivity index (χ2v) is 12.2. The van der Waals surface area contributed by atoms with Crippen LogP contribution in [0.3, 0.4) is 0 Å². The molecule has 5 atom stereocenters. The molecule has 45 heavy (non-hydrogen) atoms. The first kappa shape index (κ1) is 41.2. The van der Waals surface area contributed by atoms with E-state index in [0.29, 0.717) is 19.4 Å². The molecule has 0 bridgehead atoms. The molecule has 6 amide bonds. The van der Waals surface area contributed by atoms with Crippen molar-refractivity contribution in [2.24, 2.45) is 29.2 Å². The molecule has 0 aromatic heterocycles. The molecule has 0 aliphatic rings. The first-order valence-corrected chi connectivity index (χ1v) is 15.3. The van der Waals surface area contributed by atoms with Crippen molar-refractivity contribution in [2.75, 3.05) is 19.6 Å². The van der Waals surface area contributed by atoms with Crippen LogP contribution >= 0.6 is 0 Å². The van der Waals surface area contributed by atoms with Crippen LogP contribution in [0.15, 0.2) is 0 Å². The quantitative estimate of drug-likeness (QED) is 0.0626. The molecule has 0 rings (SSSR count). The van der Waals surface area contributed by atoms with E-state index in [2.05, 4.69) is 31.9 Å². The molecule has 0 aliphatic heterocycles. The first-order chi connectivity index (χ1) is 20.9. The van der Waals surface area contributed by atoms with E-state index < -0.39 is 90.6 Å². The molecule has 0 saturated heterocycles. The van der Waals surface area contributed by atoms with Gasteiger partial charge < -0.3 is 48.5 Å². The number of aliphatic carboxylic acids is 1. The normalized spacial score (nSPS) is 14.5. The SMILES string of the molecule is CC(C)C[C@H](NC(=O)[C@@H](NC(=O)CNC(=O)[C@H](N)CCCCN)C(C)C)C(=O)N[C@H](C(=O)NCC(=O)N[C@@H](C)C(=O)O)C(C)C. The third-order valence-electron chi connectivity index (χ3n) is 6.75. The van der Waals surface area contributed by atoms with Gasteiger partial charge in [-0.2, -0.15) is 0 Å². The average Bonchev–Trinajstić information content (AvgIpc) is 2.94. The second kappa shape index (κ2) is 21.0. The Bertz CT molecular complexity index is 1020. The summed E-state index contributed by atoms with van der Waals surface area (Å²) in [5, 5.41) is 23.9. The van der Waals surface area contributed by atoms with Crippen LogP contribution in [-0.2, 0) is 33.6 Å². The molecule has 16 heteroatoms. The Balaban J connectivity index is 5.40. The lowest BCUT2D eigenvalue weighted by Gasteiger charge is -2.28. The van der Waals surface area contributed by atoms with Crippen molar-refractivity contribution in [1.29, 1.82) is 0 Å². The van der Waals surface area contributed by atoms with Gasteiger partial charge in [0.15, 0.2) is 0 Å². The van der Waals surface area contributed by atoms with Crippen LogP contribution in [0.2, 0.25) is 0 Å². The van der Waals surface area contributed by atoms with Gasteiger partial charge in [0.2, 0.25) is 35.4 Å². The molecular weight excluding hydrogens is 588 g/mol. The minimum Gasteiger partial charge on any atom is -0.480 e. The number of carbonyl (C=O) groups excluding carboxylic acids is 6. The minimum absolute atomic E-state index is 0.0383. The highest BCUT2D eigenvalue weighted by Gasteiger charge is 2.32. The fourth-order valence-electron chi connectivity index (χ4n) is 4.08. The van der Waals surface area contributed by atoms with Gasteiger partial charge in [-0.3, -0.25) is 33.6 Å². The molecule has 0 saturated carbocycles. The number of nitrogens with two attached hydrogens (primary N) is 2. The zero-order chi connectivity index (χ0) is 34.9. The fraction of sp³-hybridized carbons (Fsp3) is 0.759. The van der Waals surface area contributed by atoms with E-state index >= 15 is 0 Å². The molecular formula is C29H54N8O8. The van der Waals surface area contributed by atoms with E-state index in [1.54, 1.807) is 27.7 Å². The van der Waals surface area contributed by atoms with E-state index in [1.807, 2.05) is 13.8 Å². The van der Waals surface area contributed by atoms with Crippen LogP contribution in [0.1, 0.15) is 74.1 Å². The second-order valence-electron chi connectivity index (χ2n) is 12.2. The summed E-state index contributed by atoms with van der Waals surface area (Å²) < 4.78 is 0. The van der Waals surface area contributed by atoms with Crippen LogP contribution in [-0.4, -0.2) is 96.4 Å². The number of amides is 6. The molecule has 258 valence electrons. The summed E-state index contributed by atoms with van der Waals surface area (Å²) in [6, 6.07) is -5.11. The summed E-state index contributed by atoms with van der Waals surface area (Å²) in [6.45, 7) is 11.3. The zero-order valence-electron chi connectivity index (χ0n) is 27.5. The lowest BCUT2D eigenvalue weighted by molar-refractivity contribution is -0.141. The van der Waals surface area contributed by atoms with Crippen LogP contribution in [0.5, 0.6) is 0 Å². The van der Waals surface area contributed by atoms with E-state index in [-0.39, 0.29) is 18.3 Å². The fourth-order valence-corrected chi connectivity index (χ4v) is 4.08. The van der Waals surface area contributed by atoms with Crippen LogP contribution < -0.4 is 43.4 Å². The lowest BCUT2D eigenvalue weighted by atomic mass is 9.98. The van der Waals surface area contributed by atoms with Crippen molar-refractivity contribution in [3.63, 3.8) is 0 Å². The van der Waals surface area contributed by atoms with Crippen LogP contribution in [0.25, 0.3) is 0 Å². The molecule has 11 N–H and O–H groups in total. The van der Waals surface area contributed by atoms with Gasteiger partial charge in [0.25, 0.3) is 0 Å². The maximum absolute atomic E-state index is 13.3. The highest BCUT2D eigenvalue weighted by molar-refractivity contribution is 5.96. The standard InChI is InChI=1S/C29H54N8O8/c1-15(2)12-20(26(41)37-23(16(3)4)27(42)33-13-21(38)34-18(7)29(44)45)35-28(43)24(17(5)6)36-22(39)14-32-25(40)19(31)10-8-9-11-30/h15-20,23-24H,8-14,30-31H2,1-7H3,(H,32,40)(H,33,42)(H,34,38)(H,35,43)(H,36,39)(H,37,41)(H,44,45)/t18-,19+,20-,23-,24-/m0/s1. The van der Waals surface area contributed by atoms with E-state index in [0.717, 1.165) is 6.42 Å². The number of hydrogen-bond acceptors (Lipinski definition) is 9. The van der Waals surface area contributed by atoms with Crippen molar-refractivity contribution in [3.8, 4) is 0 Å². The third kappa shape index (κ3) is 16.7. The Morgan fingerprint density at radius 1 is 0.644 bits per heavy atom. The summed E-state index contributed by atoms with van der Waals surface area (Å²) in [5.41, 5.74) is 11.3. The Morgan fingerprint density at radius 3 is 1.64 bits per heavy atom. The highest BCUT2D eigenvalue weighted by Crippen LogP contribution is 2.10. The van der Waals surface area contributed by atoms with Gasteiger partial charge in [-0.25, -0.2) is 0 Å². The Kier molecular flexibility index (Phi) is 19.3. The molecule has 0 radical (unpaired) electrons.